The van der Waals surface area contributed by atoms with Crippen LogP contribution in [0.2, 0.25) is 0 Å². The van der Waals surface area contributed by atoms with Crippen LogP contribution in [0.25, 0.3) is 0 Å². The zero-order valence-corrected chi connectivity index (χ0v) is 22.1. The number of carbonyl (C=O) groups excluding carboxylic acids is 2. The molecule has 2 amide bonds. The minimum atomic E-state index is -3.78. The summed E-state index contributed by atoms with van der Waals surface area (Å²) in [6.45, 7) is 7.47. The number of carbonyl (C=O) groups is 2. The highest BCUT2D eigenvalue weighted by molar-refractivity contribution is 7.92. The first-order valence-electron chi connectivity index (χ1n) is 11.8. The summed E-state index contributed by atoms with van der Waals surface area (Å²) in [6.07, 6.45) is 1.33. The number of nitrogens with zero attached hydrogens (tertiary/aromatic N) is 1. The van der Waals surface area contributed by atoms with Crippen molar-refractivity contribution in [1.82, 2.24) is 5.32 Å². The topological polar surface area (TPSA) is 95.6 Å². The van der Waals surface area contributed by atoms with Crippen molar-refractivity contribution in [3.05, 3.63) is 95.1 Å². The molecule has 36 heavy (non-hydrogen) atoms. The molecule has 7 nitrogen and oxygen atoms in total. The van der Waals surface area contributed by atoms with Gasteiger partial charge in [-0.3, -0.25) is 13.9 Å². The summed E-state index contributed by atoms with van der Waals surface area (Å²) in [4.78, 5) is 26.5. The highest BCUT2D eigenvalue weighted by Gasteiger charge is 2.32. The third kappa shape index (κ3) is 6.31. The number of hydrogen-bond acceptors (Lipinski definition) is 4. The van der Waals surface area contributed by atoms with Gasteiger partial charge in [0.05, 0.1) is 29.2 Å². The molecule has 0 fully saturated rings. The third-order valence-corrected chi connectivity index (χ3v) is 7.33. The van der Waals surface area contributed by atoms with Crippen LogP contribution in [-0.4, -0.2) is 32.5 Å². The number of para-hydroxylation sites is 1. The molecule has 0 spiro atoms. The average Bonchev–Trinajstić information content (AvgIpc) is 2.84. The molecule has 0 unspecified atom stereocenters. The van der Waals surface area contributed by atoms with Crippen LogP contribution in [0, 0.1) is 13.8 Å². The first-order valence-corrected chi connectivity index (χ1v) is 13.7. The summed E-state index contributed by atoms with van der Waals surface area (Å²) < 4.78 is 26.7. The molecule has 2 N–H and O–H groups in total. The quantitative estimate of drug-likeness (QED) is 0.427. The molecule has 190 valence electrons. The van der Waals surface area contributed by atoms with Crippen molar-refractivity contribution in [2.45, 2.75) is 46.2 Å². The van der Waals surface area contributed by atoms with E-state index in [1.165, 1.54) is 0 Å². The molecule has 0 aliphatic heterocycles. The van der Waals surface area contributed by atoms with Gasteiger partial charge in [0, 0.05) is 0 Å². The van der Waals surface area contributed by atoms with Crippen LogP contribution < -0.4 is 14.9 Å². The van der Waals surface area contributed by atoms with E-state index in [-0.39, 0.29) is 18.4 Å². The monoisotopic (exact) mass is 507 g/mol. The molecule has 3 aromatic carbocycles. The standard InChI is InChI=1S/C28H33N3O4S/c1-6-26(31(36(5,34)35)23-17-16-19(2)20(3)18-23)28(33)30-25-15-11-10-14-24(25)27(32)29-21(4)22-12-8-7-9-13-22/h7-18,21,26H,6H2,1-5H3,(H,29,32)(H,30,33)/t21-,26+/m1/s1. The lowest BCUT2D eigenvalue weighted by molar-refractivity contribution is -0.117. The highest BCUT2D eigenvalue weighted by Crippen LogP contribution is 2.26. The van der Waals surface area contributed by atoms with Crippen molar-refractivity contribution in [2.24, 2.45) is 0 Å². The van der Waals surface area contributed by atoms with Crippen LogP contribution in [0.15, 0.2) is 72.8 Å². The van der Waals surface area contributed by atoms with E-state index in [9.17, 15) is 18.0 Å². The van der Waals surface area contributed by atoms with Crippen LogP contribution in [-0.2, 0) is 14.8 Å². The van der Waals surface area contributed by atoms with E-state index in [1.54, 1.807) is 43.3 Å². The van der Waals surface area contributed by atoms with Gasteiger partial charge >= 0.3 is 0 Å². The van der Waals surface area contributed by atoms with Crippen molar-refractivity contribution < 1.29 is 18.0 Å². The van der Waals surface area contributed by atoms with Gasteiger partial charge in [0.15, 0.2) is 0 Å². The zero-order chi connectivity index (χ0) is 26.5. The summed E-state index contributed by atoms with van der Waals surface area (Å²) in [6, 6.07) is 20.3. The predicted molar refractivity (Wildman–Crippen MR) is 145 cm³/mol. The Morgan fingerprint density at radius 3 is 2.17 bits per heavy atom. The van der Waals surface area contributed by atoms with E-state index in [0.717, 1.165) is 27.3 Å². The molecule has 0 radical (unpaired) electrons. The number of rotatable bonds is 9. The Hall–Kier alpha value is -3.65. The van der Waals surface area contributed by atoms with E-state index in [4.69, 9.17) is 0 Å². The molecule has 0 heterocycles. The first kappa shape index (κ1) is 26.9. The molecule has 0 aromatic heterocycles. The maximum Gasteiger partial charge on any atom is 0.253 e. The Morgan fingerprint density at radius 2 is 1.56 bits per heavy atom. The van der Waals surface area contributed by atoms with E-state index in [1.807, 2.05) is 57.2 Å². The van der Waals surface area contributed by atoms with Crippen molar-refractivity contribution in [2.75, 3.05) is 15.9 Å². The number of nitrogens with one attached hydrogen (secondary N) is 2. The molecule has 3 aromatic rings. The van der Waals surface area contributed by atoms with Gasteiger partial charge in [0.1, 0.15) is 6.04 Å². The van der Waals surface area contributed by atoms with Gasteiger partial charge in [-0.05, 0) is 68.1 Å². The van der Waals surface area contributed by atoms with Crippen LogP contribution in [0.5, 0.6) is 0 Å². The molecule has 8 heteroatoms. The highest BCUT2D eigenvalue weighted by atomic mass is 32.2. The maximum absolute atomic E-state index is 13.4. The second kappa shape index (κ2) is 11.4. The Bertz CT molecular complexity index is 1340. The zero-order valence-electron chi connectivity index (χ0n) is 21.3. The number of aryl methyl sites for hydroxylation is 2. The van der Waals surface area contributed by atoms with Crippen molar-refractivity contribution in [1.29, 1.82) is 0 Å². The predicted octanol–water partition coefficient (Wildman–Crippen LogP) is 4.98. The Morgan fingerprint density at radius 1 is 0.917 bits per heavy atom. The molecule has 2 atom stereocenters. The van der Waals surface area contributed by atoms with E-state index < -0.39 is 22.0 Å². The van der Waals surface area contributed by atoms with Gasteiger partial charge in [0.25, 0.3) is 5.91 Å². The van der Waals surface area contributed by atoms with E-state index >= 15 is 0 Å². The smallest absolute Gasteiger partial charge is 0.253 e. The number of amides is 2. The first-order chi connectivity index (χ1) is 17.0. The van der Waals surface area contributed by atoms with Crippen molar-refractivity contribution in [3.8, 4) is 0 Å². The van der Waals surface area contributed by atoms with Gasteiger partial charge in [-0.1, -0.05) is 55.5 Å². The second-order valence-electron chi connectivity index (χ2n) is 8.89. The van der Waals surface area contributed by atoms with E-state index in [0.29, 0.717) is 16.9 Å². The normalized spacial score (nSPS) is 12.9. The molecular weight excluding hydrogens is 474 g/mol. The Labute approximate surface area is 213 Å². The van der Waals surface area contributed by atoms with Gasteiger partial charge in [-0.15, -0.1) is 0 Å². The minimum absolute atomic E-state index is 0.239. The molecule has 0 aliphatic carbocycles. The Balaban J connectivity index is 1.88. The molecule has 0 bridgehead atoms. The van der Waals surface area contributed by atoms with Crippen LogP contribution in [0.4, 0.5) is 11.4 Å². The molecule has 0 saturated heterocycles. The molecule has 0 aliphatic rings. The van der Waals surface area contributed by atoms with Gasteiger partial charge in [0.2, 0.25) is 15.9 Å². The van der Waals surface area contributed by atoms with Crippen LogP contribution in [0.1, 0.15) is 53.4 Å². The summed E-state index contributed by atoms with van der Waals surface area (Å²) in [7, 11) is -3.78. The fourth-order valence-electron chi connectivity index (χ4n) is 4.03. The summed E-state index contributed by atoms with van der Waals surface area (Å²) in [5, 5.41) is 5.76. The summed E-state index contributed by atoms with van der Waals surface area (Å²) >= 11 is 0. The van der Waals surface area contributed by atoms with Gasteiger partial charge < -0.3 is 10.6 Å². The minimum Gasteiger partial charge on any atom is -0.345 e. The molecular formula is C28H33N3O4S. The lowest BCUT2D eigenvalue weighted by Crippen LogP contribution is -2.47. The van der Waals surface area contributed by atoms with Gasteiger partial charge in [-0.2, -0.15) is 0 Å². The maximum atomic E-state index is 13.4. The van der Waals surface area contributed by atoms with Crippen molar-refractivity contribution in [3.63, 3.8) is 0 Å². The number of anilines is 2. The molecule has 3 rings (SSSR count). The number of benzene rings is 3. The number of sulfonamides is 1. The Kier molecular flexibility index (Phi) is 8.53. The lowest BCUT2D eigenvalue weighted by atomic mass is 10.1. The van der Waals surface area contributed by atoms with E-state index in [2.05, 4.69) is 10.6 Å². The summed E-state index contributed by atoms with van der Waals surface area (Å²) in [5.74, 6) is -0.859. The fraction of sp³-hybridized carbons (Fsp3) is 0.286. The fourth-order valence-corrected chi connectivity index (χ4v) is 5.23. The number of hydrogen-bond donors (Lipinski definition) is 2. The van der Waals surface area contributed by atoms with Crippen LogP contribution >= 0.6 is 0 Å². The molecule has 0 saturated carbocycles. The van der Waals surface area contributed by atoms with Gasteiger partial charge in [-0.25, -0.2) is 8.42 Å². The lowest BCUT2D eigenvalue weighted by Gasteiger charge is -2.30. The average molecular weight is 508 g/mol. The SMILES string of the molecule is CC[C@@H](C(=O)Nc1ccccc1C(=O)N[C@H](C)c1ccccc1)N(c1ccc(C)c(C)c1)S(C)(=O)=O. The summed E-state index contributed by atoms with van der Waals surface area (Å²) in [5.41, 5.74) is 3.93. The third-order valence-electron chi connectivity index (χ3n) is 6.15. The second-order valence-corrected chi connectivity index (χ2v) is 10.8. The van der Waals surface area contributed by atoms with Crippen molar-refractivity contribution >= 4 is 33.2 Å². The largest absolute Gasteiger partial charge is 0.345 e. The van der Waals surface area contributed by atoms with Crippen LogP contribution in [0.3, 0.4) is 0 Å².